The molecule has 2 aromatic carbocycles. The van der Waals surface area contributed by atoms with Crippen molar-refractivity contribution >= 4 is 11.6 Å². The summed E-state index contributed by atoms with van der Waals surface area (Å²) in [6, 6.07) is 14.0. The van der Waals surface area contributed by atoms with Gasteiger partial charge in [-0.3, -0.25) is 4.79 Å². The van der Waals surface area contributed by atoms with E-state index in [0.717, 1.165) is 24.1 Å². The van der Waals surface area contributed by atoms with Gasteiger partial charge < -0.3 is 4.90 Å². The number of hydrogen-bond acceptors (Lipinski definition) is 1. The van der Waals surface area contributed by atoms with Crippen LogP contribution < -0.4 is 4.90 Å². The van der Waals surface area contributed by atoms with Gasteiger partial charge in [0.15, 0.2) is 0 Å². The summed E-state index contributed by atoms with van der Waals surface area (Å²) in [4.78, 5) is 14.5. The third-order valence-electron chi connectivity index (χ3n) is 3.81. The molecule has 0 saturated carbocycles. The van der Waals surface area contributed by atoms with E-state index in [1.165, 1.54) is 12.1 Å². The average molecular weight is 269 g/mol. The van der Waals surface area contributed by atoms with Crippen molar-refractivity contribution in [3.05, 3.63) is 65.5 Å². The van der Waals surface area contributed by atoms with Gasteiger partial charge >= 0.3 is 0 Å². The van der Waals surface area contributed by atoms with E-state index in [0.29, 0.717) is 5.56 Å². The van der Waals surface area contributed by atoms with Gasteiger partial charge in [-0.05, 0) is 55.7 Å². The Morgan fingerprint density at radius 1 is 1.20 bits per heavy atom. The predicted octanol–water partition coefficient (Wildman–Crippen LogP) is 3.81. The number of carbonyl (C=O) groups excluding carboxylic acids is 1. The predicted molar refractivity (Wildman–Crippen MR) is 77.4 cm³/mol. The molecule has 0 N–H and O–H groups in total. The van der Waals surface area contributed by atoms with Crippen molar-refractivity contribution in [3.8, 4) is 0 Å². The second-order valence-corrected chi connectivity index (χ2v) is 5.20. The third kappa shape index (κ3) is 2.20. The molecule has 0 aliphatic carbocycles. The van der Waals surface area contributed by atoms with Crippen molar-refractivity contribution < 1.29 is 9.18 Å². The summed E-state index contributed by atoms with van der Waals surface area (Å²) in [6.07, 6.45) is 1.67. The zero-order valence-electron chi connectivity index (χ0n) is 11.3. The molecule has 3 heteroatoms. The zero-order valence-corrected chi connectivity index (χ0v) is 11.3. The molecule has 1 aliphatic rings. The van der Waals surface area contributed by atoms with Crippen LogP contribution >= 0.6 is 0 Å². The van der Waals surface area contributed by atoms with E-state index in [2.05, 4.69) is 0 Å². The van der Waals surface area contributed by atoms with Gasteiger partial charge in [-0.2, -0.15) is 0 Å². The van der Waals surface area contributed by atoms with Crippen molar-refractivity contribution in [1.29, 1.82) is 0 Å². The highest BCUT2D eigenvalue weighted by atomic mass is 19.1. The lowest BCUT2D eigenvalue weighted by Crippen LogP contribution is -2.42. The monoisotopic (exact) mass is 269 g/mol. The smallest absolute Gasteiger partial charge is 0.258 e. The molecule has 0 unspecified atom stereocenters. The third-order valence-corrected chi connectivity index (χ3v) is 3.81. The van der Waals surface area contributed by atoms with E-state index in [-0.39, 0.29) is 17.8 Å². The first-order valence-corrected chi connectivity index (χ1v) is 6.84. The molecule has 0 aromatic heterocycles. The van der Waals surface area contributed by atoms with Gasteiger partial charge in [0, 0.05) is 17.3 Å². The average Bonchev–Trinajstić information content (AvgIpc) is 2.48. The van der Waals surface area contributed by atoms with Crippen LogP contribution in [0.3, 0.4) is 0 Å². The van der Waals surface area contributed by atoms with Crippen molar-refractivity contribution in [2.45, 2.75) is 25.8 Å². The van der Waals surface area contributed by atoms with E-state index in [4.69, 9.17) is 0 Å². The van der Waals surface area contributed by atoms with Gasteiger partial charge in [0.1, 0.15) is 5.82 Å². The van der Waals surface area contributed by atoms with Crippen LogP contribution in [0, 0.1) is 5.82 Å². The molecule has 1 amide bonds. The number of amides is 1. The summed E-state index contributed by atoms with van der Waals surface area (Å²) in [7, 11) is 0. The van der Waals surface area contributed by atoms with Gasteiger partial charge in [0.05, 0.1) is 0 Å². The summed E-state index contributed by atoms with van der Waals surface area (Å²) in [6.45, 7) is 2.03. The number of benzene rings is 2. The first-order valence-electron chi connectivity index (χ1n) is 6.84. The number of rotatable bonds is 1. The maximum atomic E-state index is 13.3. The molecule has 1 aliphatic heterocycles. The van der Waals surface area contributed by atoms with Crippen LogP contribution in [0.15, 0.2) is 48.5 Å². The summed E-state index contributed by atoms with van der Waals surface area (Å²) in [5.41, 5.74) is 2.41. The van der Waals surface area contributed by atoms with Gasteiger partial charge in [0.25, 0.3) is 5.91 Å². The normalized spacial score (nSPS) is 17.7. The number of hydrogen-bond donors (Lipinski definition) is 0. The van der Waals surface area contributed by atoms with Crippen LogP contribution in [0.2, 0.25) is 0 Å². The Morgan fingerprint density at radius 3 is 2.70 bits per heavy atom. The molecule has 1 atom stereocenters. The highest BCUT2D eigenvalue weighted by molar-refractivity contribution is 6.07. The van der Waals surface area contributed by atoms with Crippen LogP contribution in [0.1, 0.15) is 29.3 Å². The lowest BCUT2D eigenvalue weighted by molar-refractivity contribution is 0.0975. The van der Waals surface area contributed by atoms with Crippen LogP contribution in [-0.4, -0.2) is 11.9 Å². The van der Waals surface area contributed by atoms with E-state index in [9.17, 15) is 9.18 Å². The zero-order chi connectivity index (χ0) is 14.1. The maximum absolute atomic E-state index is 13.3. The molecule has 0 bridgehead atoms. The molecule has 0 radical (unpaired) electrons. The highest BCUT2D eigenvalue weighted by Crippen LogP contribution is 2.32. The molecule has 102 valence electrons. The fourth-order valence-corrected chi connectivity index (χ4v) is 2.75. The van der Waals surface area contributed by atoms with Crippen LogP contribution in [0.5, 0.6) is 0 Å². The molecule has 2 nitrogen and oxygen atoms in total. The van der Waals surface area contributed by atoms with Crippen LogP contribution in [0.25, 0.3) is 0 Å². The Labute approximate surface area is 117 Å². The second kappa shape index (κ2) is 5.08. The van der Waals surface area contributed by atoms with E-state index in [1.807, 2.05) is 37.3 Å². The Bertz CT molecular complexity index is 639. The molecule has 0 spiro atoms. The minimum Gasteiger partial charge on any atom is -0.305 e. The number of carbonyl (C=O) groups is 1. The number of nitrogens with zero attached hydrogens (tertiary/aromatic N) is 1. The molecular formula is C17H16FNO. The van der Waals surface area contributed by atoms with E-state index >= 15 is 0 Å². The first-order chi connectivity index (χ1) is 9.66. The SMILES string of the molecule is C[C@H]1CCc2cc(F)ccc2N1C(=O)c1ccccc1. The fourth-order valence-electron chi connectivity index (χ4n) is 2.75. The van der Waals surface area contributed by atoms with Gasteiger partial charge in [-0.1, -0.05) is 18.2 Å². The van der Waals surface area contributed by atoms with Crippen molar-refractivity contribution in [3.63, 3.8) is 0 Å². The topological polar surface area (TPSA) is 20.3 Å². The summed E-state index contributed by atoms with van der Waals surface area (Å²) in [5, 5.41) is 0. The van der Waals surface area contributed by atoms with Crippen LogP contribution in [-0.2, 0) is 6.42 Å². The van der Waals surface area contributed by atoms with Gasteiger partial charge in [-0.25, -0.2) is 4.39 Å². The number of aryl methyl sites for hydroxylation is 1. The minimum atomic E-state index is -0.245. The molecule has 3 rings (SSSR count). The number of halogens is 1. The molecule has 2 aromatic rings. The molecule has 1 heterocycles. The maximum Gasteiger partial charge on any atom is 0.258 e. The van der Waals surface area contributed by atoms with Crippen molar-refractivity contribution in [1.82, 2.24) is 0 Å². The largest absolute Gasteiger partial charge is 0.305 e. The molecule has 20 heavy (non-hydrogen) atoms. The lowest BCUT2D eigenvalue weighted by Gasteiger charge is -2.35. The Balaban J connectivity index is 2.03. The van der Waals surface area contributed by atoms with E-state index < -0.39 is 0 Å². The Morgan fingerprint density at radius 2 is 1.95 bits per heavy atom. The number of fused-ring (bicyclic) bond motifs is 1. The molecule has 0 saturated heterocycles. The summed E-state index contributed by atoms with van der Waals surface area (Å²) < 4.78 is 13.3. The Hall–Kier alpha value is -2.16. The van der Waals surface area contributed by atoms with Gasteiger partial charge in [-0.15, -0.1) is 0 Å². The van der Waals surface area contributed by atoms with Crippen molar-refractivity contribution in [2.24, 2.45) is 0 Å². The highest BCUT2D eigenvalue weighted by Gasteiger charge is 2.28. The second-order valence-electron chi connectivity index (χ2n) is 5.20. The lowest BCUT2D eigenvalue weighted by atomic mass is 9.95. The number of anilines is 1. The molecular weight excluding hydrogens is 253 g/mol. The minimum absolute atomic E-state index is 0.0225. The molecule has 0 fully saturated rings. The van der Waals surface area contributed by atoms with Crippen LogP contribution in [0.4, 0.5) is 10.1 Å². The van der Waals surface area contributed by atoms with Gasteiger partial charge in [0.2, 0.25) is 0 Å². The fraction of sp³-hybridized carbons (Fsp3) is 0.235. The van der Waals surface area contributed by atoms with E-state index in [1.54, 1.807) is 11.0 Å². The summed E-state index contributed by atoms with van der Waals surface area (Å²) >= 11 is 0. The first kappa shape index (κ1) is 12.9. The quantitative estimate of drug-likeness (QED) is 0.771. The van der Waals surface area contributed by atoms with Crippen molar-refractivity contribution in [2.75, 3.05) is 4.90 Å². The summed E-state index contributed by atoms with van der Waals surface area (Å²) in [5.74, 6) is -0.268. The Kier molecular flexibility index (Phi) is 3.26. The standard InChI is InChI=1S/C17H16FNO/c1-12-7-8-14-11-15(18)9-10-16(14)19(12)17(20)13-5-3-2-4-6-13/h2-6,9-12H,7-8H2,1H3/t12-/m0/s1.